The summed E-state index contributed by atoms with van der Waals surface area (Å²) in [6, 6.07) is 7.54. The van der Waals surface area contributed by atoms with E-state index in [0.29, 0.717) is 30.9 Å². The summed E-state index contributed by atoms with van der Waals surface area (Å²) in [6.45, 7) is 1.90. The molecule has 2 aliphatic rings. The Labute approximate surface area is 163 Å². The number of para-hydroxylation sites is 2. The molecule has 3 heterocycles. The van der Waals surface area contributed by atoms with Gasteiger partial charge in [0.2, 0.25) is 5.91 Å². The van der Waals surface area contributed by atoms with Gasteiger partial charge in [0, 0.05) is 32.9 Å². The predicted molar refractivity (Wildman–Crippen MR) is 102 cm³/mol. The van der Waals surface area contributed by atoms with Crippen LogP contribution < -0.4 is 4.74 Å². The minimum absolute atomic E-state index is 0.00730. The third-order valence-electron chi connectivity index (χ3n) is 5.58. The van der Waals surface area contributed by atoms with Crippen LogP contribution in [0.25, 0.3) is 5.69 Å². The van der Waals surface area contributed by atoms with Crippen molar-refractivity contribution in [3.8, 4) is 11.4 Å². The van der Waals surface area contributed by atoms with Gasteiger partial charge in [0.05, 0.1) is 24.5 Å². The second-order valence-corrected chi connectivity index (χ2v) is 7.36. The summed E-state index contributed by atoms with van der Waals surface area (Å²) in [5, 5.41) is 4.33. The first kappa shape index (κ1) is 18.5. The van der Waals surface area contributed by atoms with E-state index >= 15 is 0 Å². The van der Waals surface area contributed by atoms with Crippen molar-refractivity contribution in [2.45, 2.75) is 18.4 Å². The molecule has 0 bridgehead atoms. The molecular formula is C20H24N4O4. The Balaban J connectivity index is 1.44. The molecule has 2 amide bonds. The average molecular weight is 384 g/mol. The molecule has 0 N–H and O–H groups in total. The van der Waals surface area contributed by atoms with Crippen molar-refractivity contribution in [2.75, 3.05) is 40.4 Å². The molecule has 28 heavy (non-hydrogen) atoms. The van der Waals surface area contributed by atoms with Crippen LogP contribution >= 0.6 is 0 Å². The molecule has 2 saturated heterocycles. The number of rotatable bonds is 3. The number of ether oxygens (including phenoxy) is 2. The Morgan fingerprint density at radius 1 is 1.25 bits per heavy atom. The number of methoxy groups -OCH3 is 1. The van der Waals surface area contributed by atoms with Crippen LogP contribution in [0.4, 0.5) is 0 Å². The minimum atomic E-state index is -0.332. The Kier molecular flexibility index (Phi) is 4.80. The van der Waals surface area contributed by atoms with Gasteiger partial charge in [-0.2, -0.15) is 5.10 Å². The number of likely N-dealkylation sites (tertiary alicyclic amines) is 1. The summed E-state index contributed by atoms with van der Waals surface area (Å²) in [5.41, 5.74) is 0.991. The predicted octanol–water partition coefficient (Wildman–Crippen LogP) is 1.34. The highest BCUT2D eigenvalue weighted by Gasteiger charge is 2.42. The number of aromatic nitrogens is 2. The second-order valence-electron chi connectivity index (χ2n) is 7.36. The van der Waals surface area contributed by atoms with Crippen LogP contribution in [0.1, 0.15) is 23.2 Å². The maximum atomic E-state index is 12.9. The monoisotopic (exact) mass is 384 g/mol. The number of amides is 2. The van der Waals surface area contributed by atoms with E-state index in [2.05, 4.69) is 5.10 Å². The molecule has 2 fully saturated rings. The van der Waals surface area contributed by atoms with Gasteiger partial charge < -0.3 is 19.3 Å². The smallest absolute Gasteiger partial charge is 0.257 e. The third kappa shape index (κ3) is 3.35. The number of morpholine rings is 1. The van der Waals surface area contributed by atoms with Crippen LogP contribution in [0, 0.1) is 0 Å². The molecule has 0 radical (unpaired) electrons. The second kappa shape index (κ2) is 7.27. The standard InChI is InChI=1S/C20H24N4O4/c1-22-14-20(28-13-18(22)25)7-9-23(10-8-20)19(26)15-11-21-24(12-15)16-5-3-4-6-17(16)27-2/h3-6,11-12H,7-10,13-14H2,1-2H3. The fourth-order valence-corrected chi connectivity index (χ4v) is 3.88. The molecule has 0 atom stereocenters. The lowest BCUT2D eigenvalue weighted by Gasteiger charge is -2.46. The van der Waals surface area contributed by atoms with Crippen molar-refractivity contribution in [1.82, 2.24) is 19.6 Å². The zero-order valence-corrected chi connectivity index (χ0v) is 16.1. The zero-order valence-electron chi connectivity index (χ0n) is 16.1. The van der Waals surface area contributed by atoms with E-state index in [1.807, 2.05) is 29.2 Å². The van der Waals surface area contributed by atoms with E-state index in [-0.39, 0.29) is 24.0 Å². The summed E-state index contributed by atoms with van der Waals surface area (Å²) >= 11 is 0. The van der Waals surface area contributed by atoms with Gasteiger partial charge in [-0.3, -0.25) is 9.59 Å². The molecule has 2 aliphatic heterocycles. The van der Waals surface area contributed by atoms with Gasteiger partial charge in [0.1, 0.15) is 18.0 Å². The Morgan fingerprint density at radius 2 is 2.00 bits per heavy atom. The van der Waals surface area contributed by atoms with Crippen molar-refractivity contribution in [3.63, 3.8) is 0 Å². The lowest BCUT2D eigenvalue weighted by atomic mass is 9.89. The molecule has 148 valence electrons. The first-order chi connectivity index (χ1) is 13.5. The zero-order chi connectivity index (χ0) is 19.7. The fraction of sp³-hybridized carbons (Fsp3) is 0.450. The number of hydrogen-bond donors (Lipinski definition) is 0. The maximum absolute atomic E-state index is 12.9. The largest absolute Gasteiger partial charge is 0.494 e. The summed E-state index contributed by atoms with van der Waals surface area (Å²) in [5.74, 6) is 0.654. The van der Waals surface area contributed by atoms with E-state index in [1.165, 1.54) is 0 Å². The maximum Gasteiger partial charge on any atom is 0.257 e. The summed E-state index contributed by atoms with van der Waals surface area (Å²) in [4.78, 5) is 28.1. The quantitative estimate of drug-likeness (QED) is 0.798. The normalized spacial score (nSPS) is 19.1. The van der Waals surface area contributed by atoms with Crippen LogP contribution in [0.15, 0.2) is 36.7 Å². The van der Waals surface area contributed by atoms with Gasteiger partial charge in [-0.05, 0) is 25.0 Å². The molecule has 0 unspecified atom stereocenters. The molecular weight excluding hydrogens is 360 g/mol. The highest BCUT2D eigenvalue weighted by atomic mass is 16.5. The van der Waals surface area contributed by atoms with Gasteiger partial charge in [-0.15, -0.1) is 0 Å². The van der Waals surface area contributed by atoms with E-state index < -0.39 is 0 Å². The molecule has 2 aromatic rings. The van der Waals surface area contributed by atoms with E-state index in [1.54, 1.807) is 36.1 Å². The van der Waals surface area contributed by atoms with Crippen molar-refractivity contribution in [3.05, 3.63) is 42.2 Å². The molecule has 4 rings (SSSR count). The number of nitrogens with zero attached hydrogens (tertiary/aromatic N) is 4. The van der Waals surface area contributed by atoms with Crippen LogP contribution in [0.3, 0.4) is 0 Å². The van der Waals surface area contributed by atoms with Crippen LogP contribution in [0.5, 0.6) is 5.75 Å². The van der Waals surface area contributed by atoms with Crippen molar-refractivity contribution < 1.29 is 19.1 Å². The fourth-order valence-electron chi connectivity index (χ4n) is 3.88. The Morgan fingerprint density at radius 3 is 2.71 bits per heavy atom. The van der Waals surface area contributed by atoms with Crippen LogP contribution in [-0.4, -0.2) is 77.4 Å². The number of hydrogen-bond acceptors (Lipinski definition) is 5. The summed E-state index contributed by atoms with van der Waals surface area (Å²) in [6.07, 6.45) is 4.75. The highest BCUT2D eigenvalue weighted by Crippen LogP contribution is 2.30. The van der Waals surface area contributed by atoms with Gasteiger partial charge in [-0.1, -0.05) is 12.1 Å². The lowest BCUT2D eigenvalue weighted by molar-refractivity contribution is -0.167. The van der Waals surface area contributed by atoms with Gasteiger partial charge in [0.15, 0.2) is 0 Å². The number of carbonyl (C=O) groups excluding carboxylic acids is 2. The lowest BCUT2D eigenvalue weighted by Crippen LogP contribution is -2.58. The Bertz CT molecular complexity index is 886. The van der Waals surface area contributed by atoms with Crippen molar-refractivity contribution >= 4 is 11.8 Å². The van der Waals surface area contributed by atoms with Crippen LogP contribution in [0.2, 0.25) is 0 Å². The van der Waals surface area contributed by atoms with Crippen molar-refractivity contribution in [1.29, 1.82) is 0 Å². The number of benzene rings is 1. The number of likely N-dealkylation sites (N-methyl/N-ethyl adjacent to an activating group) is 1. The molecule has 1 spiro atoms. The van der Waals surface area contributed by atoms with E-state index in [9.17, 15) is 9.59 Å². The minimum Gasteiger partial charge on any atom is -0.494 e. The average Bonchev–Trinajstić information content (AvgIpc) is 3.21. The molecule has 1 aromatic carbocycles. The SMILES string of the molecule is COc1ccccc1-n1cc(C(=O)N2CCC3(CC2)CN(C)C(=O)CO3)cn1. The summed E-state index contributed by atoms with van der Waals surface area (Å²) in [7, 11) is 3.41. The molecule has 1 aromatic heterocycles. The third-order valence-corrected chi connectivity index (χ3v) is 5.58. The van der Waals surface area contributed by atoms with E-state index in [0.717, 1.165) is 18.5 Å². The molecule has 0 aliphatic carbocycles. The first-order valence-corrected chi connectivity index (χ1v) is 9.37. The topological polar surface area (TPSA) is 76.9 Å². The molecule has 0 saturated carbocycles. The molecule has 8 heteroatoms. The van der Waals surface area contributed by atoms with E-state index in [4.69, 9.17) is 9.47 Å². The van der Waals surface area contributed by atoms with Gasteiger partial charge in [0.25, 0.3) is 5.91 Å². The van der Waals surface area contributed by atoms with Crippen LogP contribution in [-0.2, 0) is 9.53 Å². The number of piperidine rings is 1. The number of carbonyl (C=O) groups is 2. The molecule has 8 nitrogen and oxygen atoms in total. The Hall–Kier alpha value is -2.87. The summed E-state index contributed by atoms with van der Waals surface area (Å²) < 4.78 is 12.9. The highest BCUT2D eigenvalue weighted by molar-refractivity contribution is 5.94. The van der Waals surface area contributed by atoms with Crippen molar-refractivity contribution in [2.24, 2.45) is 0 Å². The first-order valence-electron chi connectivity index (χ1n) is 9.37. The van der Waals surface area contributed by atoms with Gasteiger partial charge in [-0.25, -0.2) is 4.68 Å². The van der Waals surface area contributed by atoms with Gasteiger partial charge >= 0.3 is 0 Å².